The van der Waals surface area contributed by atoms with Gasteiger partial charge in [0.2, 0.25) is 0 Å². The van der Waals surface area contributed by atoms with Crippen LogP contribution in [0.25, 0.3) is 11.0 Å². The molecule has 1 aromatic heterocycles. The molecule has 0 atom stereocenters. The number of rotatable bonds is 6. The Hall–Kier alpha value is -3.08. The first-order chi connectivity index (χ1) is 11.8. The van der Waals surface area contributed by atoms with Gasteiger partial charge in [0.05, 0.1) is 12.8 Å². The first-order valence-corrected chi connectivity index (χ1v) is 7.89. The van der Waals surface area contributed by atoms with Crippen LogP contribution in [0.1, 0.15) is 18.2 Å². The molecule has 2 aromatic carbocycles. The third kappa shape index (κ3) is 3.63. The number of amides is 1. The lowest BCUT2D eigenvalue weighted by molar-refractivity contribution is -0.119. The number of benzene rings is 2. The zero-order chi connectivity index (χ0) is 16.8. The Kier molecular flexibility index (Phi) is 4.91. The minimum Gasteiger partial charge on any atom is -0.460 e. The topological polar surface area (TPSA) is 66.6 Å². The van der Waals surface area contributed by atoms with Crippen molar-refractivity contribution in [3.05, 3.63) is 65.9 Å². The lowest BCUT2D eigenvalue weighted by atomic mass is 10.1. The molecule has 0 aliphatic carbocycles. The number of hydrogen-bond donors (Lipinski definition) is 2. The van der Waals surface area contributed by atoms with E-state index in [9.17, 15) is 4.79 Å². The van der Waals surface area contributed by atoms with Gasteiger partial charge in [-0.05, 0) is 18.2 Å². The number of nitrogens with zero attached hydrogens (tertiary/aromatic N) is 1. The highest BCUT2D eigenvalue weighted by Gasteiger charge is 2.10. The molecule has 0 saturated carbocycles. The van der Waals surface area contributed by atoms with E-state index in [4.69, 9.17) is 4.42 Å². The van der Waals surface area contributed by atoms with Crippen LogP contribution >= 0.6 is 0 Å². The molecule has 0 aliphatic heterocycles. The van der Waals surface area contributed by atoms with Crippen molar-refractivity contribution in [2.24, 2.45) is 5.10 Å². The van der Waals surface area contributed by atoms with Crippen molar-refractivity contribution in [2.45, 2.75) is 13.3 Å². The Balaban J connectivity index is 1.63. The molecule has 2 N–H and O–H groups in total. The summed E-state index contributed by atoms with van der Waals surface area (Å²) in [6.45, 7) is 2.19. The number of carbonyl (C=O) groups excluding carboxylic acids is 1. The van der Waals surface area contributed by atoms with Gasteiger partial charge < -0.3 is 9.73 Å². The number of nitrogens with one attached hydrogen (secondary N) is 2. The second kappa shape index (κ2) is 7.46. The van der Waals surface area contributed by atoms with Crippen LogP contribution < -0.4 is 10.7 Å². The summed E-state index contributed by atoms with van der Waals surface area (Å²) in [6, 6.07) is 17.4. The highest BCUT2D eigenvalue weighted by atomic mass is 16.3. The molecule has 0 spiro atoms. The van der Waals surface area contributed by atoms with Gasteiger partial charge in [-0.2, -0.15) is 5.10 Å². The van der Waals surface area contributed by atoms with Gasteiger partial charge in [-0.1, -0.05) is 43.3 Å². The molecule has 0 unspecified atom stereocenters. The van der Waals surface area contributed by atoms with Crippen molar-refractivity contribution in [3.63, 3.8) is 0 Å². The van der Waals surface area contributed by atoms with Gasteiger partial charge in [0.15, 0.2) is 0 Å². The number of carbonyl (C=O) groups is 1. The van der Waals surface area contributed by atoms with Crippen LogP contribution in [0.5, 0.6) is 0 Å². The molecule has 0 saturated heterocycles. The van der Waals surface area contributed by atoms with Crippen LogP contribution in [0, 0.1) is 0 Å². The second-order valence-corrected chi connectivity index (χ2v) is 5.30. The number of hydrogen-bond acceptors (Lipinski definition) is 4. The Morgan fingerprint density at radius 1 is 1.12 bits per heavy atom. The van der Waals surface area contributed by atoms with Crippen LogP contribution in [-0.2, 0) is 11.2 Å². The Bertz CT molecular complexity index is 853. The summed E-state index contributed by atoms with van der Waals surface area (Å²) >= 11 is 0. The second-order valence-electron chi connectivity index (χ2n) is 5.30. The maximum Gasteiger partial charge on any atom is 0.259 e. The summed E-state index contributed by atoms with van der Waals surface area (Å²) in [4.78, 5) is 11.9. The molecule has 5 nitrogen and oxygen atoms in total. The molecule has 1 amide bonds. The van der Waals surface area contributed by atoms with Gasteiger partial charge in [-0.3, -0.25) is 4.79 Å². The maximum atomic E-state index is 11.9. The third-order valence-corrected chi connectivity index (χ3v) is 3.64. The van der Waals surface area contributed by atoms with E-state index in [1.807, 2.05) is 61.5 Å². The van der Waals surface area contributed by atoms with Crippen LogP contribution in [0.3, 0.4) is 0 Å². The molecule has 3 rings (SSSR count). The quantitative estimate of drug-likeness (QED) is 0.539. The van der Waals surface area contributed by atoms with Gasteiger partial charge in [0.25, 0.3) is 5.91 Å². The fraction of sp³-hybridized carbons (Fsp3) is 0.158. The van der Waals surface area contributed by atoms with E-state index >= 15 is 0 Å². The van der Waals surface area contributed by atoms with E-state index in [0.29, 0.717) is 0 Å². The molecule has 1 heterocycles. The van der Waals surface area contributed by atoms with Gasteiger partial charge in [-0.25, -0.2) is 5.43 Å². The van der Waals surface area contributed by atoms with Crippen LogP contribution in [0.15, 0.2) is 64.1 Å². The molecule has 3 aromatic rings. The lowest BCUT2D eigenvalue weighted by Gasteiger charge is -2.04. The van der Waals surface area contributed by atoms with E-state index in [0.717, 1.165) is 34.4 Å². The molecule has 0 bridgehead atoms. The normalized spacial score (nSPS) is 11.0. The Labute approximate surface area is 140 Å². The van der Waals surface area contributed by atoms with Crippen LogP contribution in [-0.4, -0.2) is 18.7 Å². The summed E-state index contributed by atoms with van der Waals surface area (Å²) in [5.41, 5.74) is 5.16. The zero-order valence-electron chi connectivity index (χ0n) is 13.5. The highest BCUT2D eigenvalue weighted by molar-refractivity contribution is 5.99. The van der Waals surface area contributed by atoms with Crippen molar-refractivity contribution >= 4 is 28.8 Å². The molecule has 122 valence electrons. The number of anilines is 1. The standard InChI is InChI=1S/C19H19N3O2/c1-2-17-16(15-10-6-7-11-18(15)24-17)12-21-22-19(23)13-20-14-8-4-3-5-9-14/h3-12,20H,2,13H2,1H3,(H,22,23)/b21-12-. The molecular formula is C19H19N3O2. The summed E-state index contributed by atoms with van der Waals surface area (Å²) in [5, 5.41) is 8.09. The zero-order valence-corrected chi connectivity index (χ0v) is 13.5. The van der Waals surface area contributed by atoms with E-state index < -0.39 is 0 Å². The van der Waals surface area contributed by atoms with Crippen molar-refractivity contribution < 1.29 is 9.21 Å². The molecule has 0 aliphatic rings. The first kappa shape index (κ1) is 15.8. The van der Waals surface area contributed by atoms with Crippen molar-refractivity contribution in [1.29, 1.82) is 0 Å². The van der Waals surface area contributed by atoms with Gasteiger partial charge in [-0.15, -0.1) is 0 Å². The molecule has 5 heteroatoms. The molecule has 0 fully saturated rings. The summed E-state index contributed by atoms with van der Waals surface area (Å²) in [6.07, 6.45) is 2.41. The predicted molar refractivity (Wildman–Crippen MR) is 96.3 cm³/mol. The largest absolute Gasteiger partial charge is 0.460 e. The first-order valence-electron chi connectivity index (χ1n) is 7.89. The number of aryl methyl sites for hydroxylation is 1. The van der Waals surface area contributed by atoms with Gasteiger partial charge in [0, 0.05) is 23.1 Å². The van der Waals surface area contributed by atoms with Crippen molar-refractivity contribution in [3.8, 4) is 0 Å². The minimum absolute atomic E-state index is 0.161. The number of para-hydroxylation sites is 2. The van der Waals surface area contributed by atoms with Gasteiger partial charge in [0.1, 0.15) is 11.3 Å². The van der Waals surface area contributed by atoms with Crippen molar-refractivity contribution in [1.82, 2.24) is 5.43 Å². The SMILES string of the molecule is CCc1oc2ccccc2c1/C=N\NC(=O)CNc1ccccc1. The Morgan fingerprint density at radius 3 is 2.67 bits per heavy atom. The lowest BCUT2D eigenvalue weighted by Crippen LogP contribution is -2.25. The molecule has 24 heavy (non-hydrogen) atoms. The summed E-state index contributed by atoms with van der Waals surface area (Å²) in [5.74, 6) is 0.651. The van der Waals surface area contributed by atoms with E-state index in [1.54, 1.807) is 6.21 Å². The van der Waals surface area contributed by atoms with E-state index in [-0.39, 0.29) is 12.5 Å². The smallest absolute Gasteiger partial charge is 0.259 e. The average molecular weight is 321 g/mol. The van der Waals surface area contributed by atoms with E-state index in [2.05, 4.69) is 15.8 Å². The number of fused-ring (bicyclic) bond motifs is 1. The highest BCUT2D eigenvalue weighted by Crippen LogP contribution is 2.24. The molecular weight excluding hydrogens is 302 g/mol. The predicted octanol–water partition coefficient (Wildman–Crippen LogP) is 3.56. The molecule has 0 radical (unpaired) electrons. The minimum atomic E-state index is -0.207. The summed E-state index contributed by atoms with van der Waals surface area (Å²) in [7, 11) is 0. The number of hydrazone groups is 1. The van der Waals surface area contributed by atoms with E-state index in [1.165, 1.54) is 0 Å². The monoisotopic (exact) mass is 321 g/mol. The average Bonchev–Trinajstić information content (AvgIpc) is 2.99. The fourth-order valence-corrected chi connectivity index (χ4v) is 2.47. The van der Waals surface area contributed by atoms with Crippen LogP contribution in [0.2, 0.25) is 0 Å². The van der Waals surface area contributed by atoms with Crippen LogP contribution in [0.4, 0.5) is 5.69 Å². The maximum absolute atomic E-state index is 11.9. The number of furan rings is 1. The third-order valence-electron chi connectivity index (χ3n) is 3.64. The Morgan fingerprint density at radius 2 is 1.88 bits per heavy atom. The van der Waals surface area contributed by atoms with Gasteiger partial charge >= 0.3 is 0 Å². The fourth-order valence-electron chi connectivity index (χ4n) is 2.47. The summed E-state index contributed by atoms with van der Waals surface area (Å²) < 4.78 is 5.79. The van der Waals surface area contributed by atoms with Crippen molar-refractivity contribution in [2.75, 3.05) is 11.9 Å².